The molecule has 102 valence electrons. The van der Waals surface area contributed by atoms with Gasteiger partial charge in [-0.3, -0.25) is 4.68 Å². The number of hydrogen-bond donors (Lipinski definition) is 1. The first-order valence-corrected chi connectivity index (χ1v) is 7.14. The van der Waals surface area contributed by atoms with Gasteiger partial charge in [0.2, 0.25) is 0 Å². The van der Waals surface area contributed by atoms with Gasteiger partial charge in [-0.25, -0.2) is 0 Å². The van der Waals surface area contributed by atoms with Gasteiger partial charge >= 0.3 is 0 Å². The molecule has 4 nitrogen and oxygen atoms in total. The van der Waals surface area contributed by atoms with Crippen molar-refractivity contribution >= 4 is 0 Å². The second-order valence-electron chi connectivity index (χ2n) is 5.54. The van der Waals surface area contributed by atoms with Crippen LogP contribution < -0.4 is 5.32 Å². The molecule has 2 atom stereocenters. The molecule has 0 bridgehead atoms. The van der Waals surface area contributed by atoms with Gasteiger partial charge in [0.05, 0.1) is 6.20 Å². The molecule has 1 aromatic rings. The van der Waals surface area contributed by atoms with Gasteiger partial charge in [0.1, 0.15) is 0 Å². The minimum Gasteiger partial charge on any atom is -0.310 e. The van der Waals surface area contributed by atoms with E-state index in [0.717, 1.165) is 19.5 Å². The lowest BCUT2D eigenvalue weighted by Gasteiger charge is -2.35. The fraction of sp³-hybridized carbons (Fsp3) is 0.786. The first-order chi connectivity index (χ1) is 8.69. The van der Waals surface area contributed by atoms with Crippen molar-refractivity contribution < 1.29 is 0 Å². The Morgan fingerprint density at radius 1 is 1.50 bits per heavy atom. The highest BCUT2D eigenvalue weighted by Crippen LogP contribution is 2.15. The first kappa shape index (κ1) is 13.6. The summed E-state index contributed by atoms with van der Waals surface area (Å²) in [5, 5.41) is 8.03. The summed E-state index contributed by atoms with van der Waals surface area (Å²) in [7, 11) is 2.22. The van der Waals surface area contributed by atoms with Gasteiger partial charge in [0.25, 0.3) is 0 Å². The molecule has 0 spiro atoms. The van der Waals surface area contributed by atoms with Crippen LogP contribution in [0.2, 0.25) is 0 Å². The minimum atomic E-state index is 0.658. The van der Waals surface area contributed by atoms with Crippen LogP contribution in [0.3, 0.4) is 0 Å². The molecule has 1 aliphatic rings. The minimum absolute atomic E-state index is 0.658. The second kappa shape index (κ2) is 6.34. The molecule has 2 rings (SSSR count). The molecule has 0 amide bonds. The highest BCUT2D eigenvalue weighted by molar-refractivity contribution is 5.03. The summed E-state index contributed by atoms with van der Waals surface area (Å²) >= 11 is 0. The summed E-state index contributed by atoms with van der Waals surface area (Å²) in [5.74, 6) is 0. The fourth-order valence-corrected chi connectivity index (χ4v) is 2.59. The van der Waals surface area contributed by atoms with Gasteiger partial charge in [-0.2, -0.15) is 5.10 Å². The van der Waals surface area contributed by atoms with Crippen LogP contribution in [-0.2, 0) is 13.1 Å². The summed E-state index contributed by atoms with van der Waals surface area (Å²) < 4.78 is 2.04. The van der Waals surface area contributed by atoms with Crippen LogP contribution in [0.1, 0.15) is 38.7 Å². The van der Waals surface area contributed by atoms with E-state index in [0.29, 0.717) is 12.1 Å². The molecule has 2 unspecified atom stereocenters. The van der Waals surface area contributed by atoms with Gasteiger partial charge in [-0.15, -0.1) is 0 Å². The molecule has 0 aromatic carbocycles. The Labute approximate surface area is 110 Å². The SMILES string of the molecule is CCCn1cc(CNC2CCN(C)C(C)C2)cn1. The van der Waals surface area contributed by atoms with E-state index in [1.165, 1.54) is 24.9 Å². The highest BCUT2D eigenvalue weighted by atomic mass is 15.3. The quantitative estimate of drug-likeness (QED) is 0.866. The second-order valence-corrected chi connectivity index (χ2v) is 5.54. The maximum atomic E-state index is 4.37. The Morgan fingerprint density at radius 2 is 2.33 bits per heavy atom. The topological polar surface area (TPSA) is 33.1 Å². The van der Waals surface area contributed by atoms with Crippen LogP contribution in [0.25, 0.3) is 0 Å². The van der Waals surface area contributed by atoms with Crippen molar-refractivity contribution in [3.8, 4) is 0 Å². The maximum absolute atomic E-state index is 4.37. The zero-order valence-electron chi connectivity index (χ0n) is 11.9. The molecule has 0 aliphatic carbocycles. The van der Waals surface area contributed by atoms with E-state index >= 15 is 0 Å². The third-order valence-electron chi connectivity index (χ3n) is 3.94. The van der Waals surface area contributed by atoms with Crippen molar-refractivity contribution in [3.05, 3.63) is 18.0 Å². The van der Waals surface area contributed by atoms with E-state index in [1.807, 2.05) is 10.9 Å². The smallest absolute Gasteiger partial charge is 0.0534 e. The summed E-state index contributed by atoms with van der Waals surface area (Å²) in [4.78, 5) is 2.44. The Hall–Kier alpha value is -0.870. The van der Waals surface area contributed by atoms with E-state index in [4.69, 9.17) is 0 Å². The molecule has 1 aromatic heterocycles. The fourth-order valence-electron chi connectivity index (χ4n) is 2.59. The van der Waals surface area contributed by atoms with Crippen LogP contribution in [0.4, 0.5) is 0 Å². The largest absolute Gasteiger partial charge is 0.310 e. The predicted molar refractivity (Wildman–Crippen MR) is 74.5 cm³/mol. The van der Waals surface area contributed by atoms with E-state index < -0.39 is 0 Å². The Kier molecular flexibility index (Phi) is 4.78. The lowest BCUT2D eigenvalue weighted by molar-refractivity contribution is 0.168. The number of nitrogens with zero attached hydrogens (tertiary/aromatic N) is 3. The third-order valence-corrected chi connectivity index (χ3v) is 3.94. The van der Waals surface area contributed by atoms with Crippen molar-refractivity contribution in [3.63, 3.8) is 0 Å². The average molecular weight is 250 g/mol. The Balaban J connectivity index is 1.77. The lowest BCUT2D eigenvalue weighted by atomic mass is 9.99. The molecule has 1 N–H and O–H groups in total. The van der Waals surface area contributed by atoms with Crippen LogP contribution in [-0.4, -0.2) is 40.4 Å². The average Bonchev–Trinajstić information content (AvgIpc) is 2.79. The number of hydrogen-bond acceptors (Lipinski definition) is 3. The molecule has 18 heavy (non-hydrogen) atoms. The summed E-state index contributed by atoms with van der Waals surface area (Å²) in [5.41, 5.74) is 1.30. The highest BCUT2D eigenvalue weighted by Gasteiger charge is 2.22. The van der Waals surface area contributed by atoms with Crippen LogP contribution in [0, 0.1) is 0 Å². The third kappa shape index (κ3) is 3.56. The van der Waals surface area contributed by atoms with Crippen molar-refractivity contribution in [2.45, 2.75) is 58.3 Å². The standard InChI is InChI=1S/C14H26N4/c1-4-6-18-11-13(10-16-18)9-15-14-5-7-17(3)12(2)8-14/h10-12,14-15H,4-9H2,1-3H3. The van der Waals surface area contributed by atoms with Crippen molar-refractivity contribution in [2.75, 3.05) is 13.6 Å². The monoisotopic (exact) mass is 250 g/mol. The number of rotatable bonds is 5. The van der Waals surface area contributed by atoms with E-state index in [-0.39, 0.29) is 0 Å². The normalized spacial score (nSPS) is 25.5. The molecule has 1 aliphatic heterocycles. The summed E-state index contributed by atoms with van der Waals surface area (Å²) in [6.07, 6.45) is 7.79. The van der Waals surface area contributed by atoms with Gasteiger partial charge in [0.15, 0.2) is 0 Å². The van der Waals surface area contributed by atoms with Crippen molar-refractivity contribution in [1.29, 1.82) is 0 Å². The van der Waals surface area contributed by atoms with Gasteiger partial charge in [-0.1, -0.05) is 6.92 Å². The summed E-state index contributed by atoms with van der Waals surface area (Å²) in [6, 6.07) is 1.35. The number of aryl methyl sites for hydroxylation is 1. The summed E-state index contributed by atoms with van der Waals surface area (Å²) in [6.45, 7) is 7.66. The number of piperidine rings is 1. The Bertz CT molecular complexity index is 360. The van der Waals surface area contributed by atoms with Crippen LogP contribution >= 0.6 is 0 Å². The van der Waals surface area contributed by atoms with Gasteiger partial charge in [-0.05, 0) is 39.8 Å². The molecule has 1 fully saturated rings. The first-order valence-electron chi connectivity index (χ1n) is 7.14. The number of likely N-dealkylation sites (tertiary alicyclic amines) is 1. The van der Waals surface area contributed by atoms with Gasteiger partial charge in [0, 0.05) is 36.9 Å². The molecule has 0 radical (unpaired) electrons. The maximum Gasteiger partial charge on any atom is 0.0534 e. The van der Waals surface area contributed by atoms with E-state index in [1.54, 1.807) is 0 Å². The molecular weight excluding hydrogens is 224 g/mol. The predicted octanol–water partition coefficient (Wildman–Crippen LogP) is 1.87. The molecule has 1 saturated heterocycles. The van der Waals surface area contributed by atoms with E-state index in [2.05, 4.69) is 42.4 Å². The Morgan fingerprint density at radius 3 is 3.06 bits per heavy atom. The zero-order chi connectivity index (χ0) is 13.0. The zero-order valence-corrected chi connectivity index (χ0v) is 11.9. The lowest BCUT2D eigenvalue weighted by Crippen LogP contribution is -2.45. The number of nitrogens with one attached hydrogen (secondary N) is 1. The van der Waals surface area contributed by atoms with Crippen LogP contribution in [0.5, 0.6) is 0 Å². The van der Waals surface area contributed by atoms with Crippen LogP contribution in [0.15, 0.2) is 12.4 Å². The number of aromatic nitrogens is 2. The molecule has 2 heterocycles. The molecular formula is C14H26N4. The van der Waals surface area contributed by atoms with Gasteiger partial charge < -0.3 is 10.2 Å². The van der Waals surface area contributed by atoms with E-state index in [9.17, 15) is 0 Å². The van der Waals surface area contributed by atoms with Crippen molar-refractivity contribution in [2.24, 2.45) is 0 Å². The molecule has 0 saturated carbocycles. The molecule has 4 heteroatoms. The van der Waals surface area contributed by atoms with Crippen molar-refractivity contribution in [1.82, 2.24) is 20.0 Å².